The summed E-state index contributed by atoms with van der Waals surface area (Å²) >= 11 is 0. The van der Waals surface area contributed by atoms with E-state index in [9.17, 15) is 14.0 Å². The van der Waals surface area contributed by atoms with Crippen molar-refractivity contribution in [1.29, 1.82) is 0 Å². The van der Waals surface area contributed by atoms with Crippen molar-refractivity contribution in [2.24, 2.45) is 0 Å². The molecule has 0 atom stereocenters. The van der Waals surface area contributed by atoms with E-state index >= 15 is 0 Å². The Bertz CT molecular complexity index is 1300. The van der Waals surface area contributed by atoms with Crippen LogP contribution in [0.4, 0.5) is 10.1 Å². The van der Waals surface area contributed by atoms with Crippen LogP contribution < -0.4 is 5.32 Å². The molecule has 2 aromatic carbocycles. The number of nitrogens with one attached hydrogen (secondary N) is 1. The van der Waals surface area contributed by atoms with Gasteiger partial charge >= 0.3 is 0 Å². The Labute approximate surface area is 189 Å². The van der Waals surface area contributed by atoms with E-state index in [1.165, 1.54) is 18.2 Å². The fourth-order valence-electron chi connectivity index (χ4n) is 4.05. The number of likely N-dealkylation sites (tertiary alicyclic amines) is 1. The van der Waals surface area contributed by atoms with Gasteiger partial charge in [0.2, 0.25) is 5.76 Å². The number of nitrogens with zero attached hydrogens (tertiary/aromatic N) is 2. The lowest BCUT2D eigenvalue weighted by Gasteiger charge is -2.19. The van der Waals surface area contributed by atoms with Gasteiger partial charge in [-0.15, -0.1) is 0 Å². The lowest BCUT2D eigenvalue weighted by Crippen LogP contribution is -2.32. The average Bonchev–Trinajstić information content (AvgIpc) is 3.36. The van der Waals surface area contributed by atoms with Crippen LogP contribution in [-0.2, 0) is 0 Å². The Hall–Kier alpha value is -3.94. The Kier molecular flexibility index (Phi) is 5.64. The van der Waals surface area contributed by atoms with Gasteiger partial charge in [-0.2, -0.15) is 0 Å². The summed E-state index contributed by atoms with van der Waals surface area (Å²) in [5.74, 6) is -0.712. The fraction of sp³-hybridized carbons (Fsp3) is 0.240. The number of amides is 2. The summed E-state index contributed by atoms with van der Waals surface area (Å²) in [7, 11) is 0. The summed E-state index contributed by atoms with van der Waals surface area (Å²) < 4.78 is 24.4. The third kappa shape index (κ3) is 4.24. The van der Waals surface area contributed by atoms with E-state index in [1.807, 2.05) is 12.1 Å². The number of anilines is 1. The number of hydrogen-bond donors (Lipinski definition) is 1. The van der Waals surface area contributed by atoms with Crippen LogP contribution in [0.1, 0.15) is 46.7 Å². The van der Waals surface area contributed by atoms with Crippen molar-refractivity contribution in [3.8, 4) is 11.3 Å². The molecule has 0 radical (unpaired) electrons. The molecule has 5 rings (SSSR count). The summed E-state index contributed by atoms with van der Waals surface area (Å²) in [6.45, 7) is 1.32. The fourth-order valence-corrected chi connectivity index (χ4v) is 4.05. The standard InChI is InChI=1S/C25H22FN3O4/c26-17-11-9-16(10-12-17)21-15-19(28-33-21)24(30)27-22-18-7-3-4-8-20(18)32-23(22)25(31)29-13-5-1-2-6-14-29/h3-4,7-12,15H,1-2,5-6,13-14H2,(H,27,30). The molecule has 168 valence electrons. The van der Waals surface area contributed by atoms with E-state index in [2.05, 4.69) is 10.5 Å². The SMILES string of the molecule is O=C(Nc1c(C(=O)N2CCCCCC2)oc2ccccc12)c1cc(-c2ccc(F)cc2)on1. The van der Waals surface area contributed by atoms with Gasteiger partial charge in [-0.3, -0.25) is 9.59 Å². The maximum atomic E-state index is 13.3. The quantitative estimate of drug-likeness (QED) is 0.447. The predicted molar refractivity (Wildman–Crippen MR) is 120 cm³/mol. The second-order valence-corrected chi connectivity index (χ2v) is 8.05. The number of rotatable bonds is 4. The summed E-state index contributed by atoms with van der Waals surface area (Å²) in [4.78, 5) is 28.1. The first-order valence-corrected chi connectivity index (χ1v) is 10.9. The predicted octanol–water partition coefficient (Wildman–Crippen LogP) is 5.50. The molecule has 2 aromatic heterocycles. The van der Waals surface area contributed by atoms with Crippen molar-refractivity contribution < 1.29 is 22.9 Å². The van der Waals surface area contributed by atoms with Crippen LogP contribution >= 0.6 is 0 Å². The minimum Gasteiger partial charge on any atom is -0.449 e. The molecule has 3 heterocycles. The number of benzene rings is 2. The molecule has 33 heavy (non-hydrogen) atoms. The minimum absolute atomic E-state index is 0.0350. The van der Waals surface area contributed by atoms with Gasteiger partial charge in [0, 0.05) is 30.1 Å². The molecule has 1 saturated heterocycles. The van der Waals surface area contributed by atoms with Gasteiger partial charge in [-0.1, -0.05) is 30.1 Å². The number of fused-ring (bicyclic) bond motifs is 1. The molecule has 1 N–H and O–H groups in total. The van der Waals surface area contributed by atoms with Crippen LogP contribution in [-0.4, -0.2) is 35.0 Å². The summed E-state index contributed by atoms with van der Waals surface area (Å²) in [5, 5.41) is 7.27. The summed E-state index contributed by atoms with van der Waals surface area (Å²) in [6.07, 6.45) is 4.07. The van der Waals surface area contributed by atoms with Crippen molar-refractivity contribution in [2.75, 3.05) is 18.4 Å². The first kappa shape index (κ1) is 20.9. The zero-order chi connectivity index (χ0) is 22.8. The topological polar surface area (TPSA) is 88.6 Å². The van der Waals surface area contributed by atoms with Gasteiger partial charge in [0.05, 0.1) is 0 Å². The molecular formula is C25H22FN3O4. The Morgan fingerprint density at radius 3 is 2.45 bits per heavy atom. The molecule has 0 spiro atoms. The van der Waals surface area contributed by atoms with Crippen LogP contribution in [0.5, 0.6) is 0 Å². The third-order valence-corrected chi connectivity index (χ3v) is 5.79. The van der Waals surface area contributed by atoms with Crippen LogP contribution in [0.2, 0.25) is 0 Å². The zero-order valence-electron chi connectivity index (χ0n) is 17.8. The van der Waals surface area contributed by atoms with Gasteiger partial charge in [0.1, 0.15) is 17.1 Å². The molecule has 0 bridgehead atoms. The van der Waals surface area contributed by atoms with E-state index in [0.29, 0.717) is 41.1 Å². The van der Waals surface area contributed by atoms with Crippen LogP contribution in [0.3, 0.4) is 0 Å². The van der Waals surface area contributed by atoms with Gasteiger partial charge in [0.15, 0.2) is 11.5 Å². The van der Waals surface area contributed by atoms with Gasteiger partial charge < -0.3 is 19.2 Å². The second-order valence-electron chi connectivity index (χ2n) is 8.05. The van der Waals surface area contributed by atoms with Crippen molar-refractivity contribution in [3.63, 3.8) is 0 Å². The van der Waals surface area contributed by atoms with Gasteiger partial charge in [-0.25, -0.2) is 4.39 Å². The smallest absolute Gasteiger partial charge is 0.291 e. The molecule has 8 heteroatoms. The number of hydrogen-bond acceptors (Lipinski definition) is 5. The third-order valence-electron chi connectivity index (χ3n) is 5.79. The highest BCUT2D eigenvalue weighted by molar-refractivity contribution is 6.14. The lowest BCUT2D eigenvalue weighted by molar-refractivity contribution is 0.0733. The summed E-state index contributed by atoms with van der Waals surface area (Å²) in [5.41, 5.74) is 1.45. The maximum absolute atomic E-state index is 13.3. The maximum Gasteiger partial charge on any atom is 0.291 e. The van der Waals surface area contributed by atoms with Crippen LogP contribution in [0.25, 0.3) is 22.3 Å². The summed E-state index contributed by atoms with van der Waals surface area (Å²) in [6, 6.07) is 14.3. The Morgan fingerprint density at radius 1 is 0.970 bits per heavy atom. The second kappa shape index (κ2) is 8.90. The molecule has 1 aliphatic heterocycles. The van der Waals surface area contributed by atoms with Crippen molar-refractivity contribution in [1.82, 2.24) is 10.1 Å². The molecule has 0 aliphatic carbocycles. The molecule has 1 aliphatic rings. The Balaban J connectivity index is 1.44. The first-order valence-electron chi connectivity index (χ1n) is 10.9. The number of aromatic nitrogens is 1. The molecule has 7 nitrogen and oxygen atoms in total. The molecule has 1 fully saturated rings. The monoisotopic (exact) mass is 447 g/mol. The minimum atomic E-state index is -0.538. The number of para-hydroxylation sites is 1. The highest BCUT2D eigenvalue weighted by atomic mass is 19.1. The number of carbonyl (C=O) groups is 2. The van der Waals surface area contributed by atoms with Gasteiger partial charge in [0.25, 0.3) is 11.8 Å². The zero-order valence-corrected chi connectivity index (χ0v) is 17.8. The molecule has 2 amide bonds. The van der Waals surface area contributed by atoms with E-state index in [0.717, 1.165) is 25.7 Å². The molecular weight excluding hydrogens is 425 g/mol. The Morgan fingerprint density at radius 2 is 1.70 bits per heavy atom. The highest BCUT2D eigenvalue weighted by Gasteiger charge is 2.27. The lowest BCUT2D eigenvalue weighted by atomic mass is 10.1. The van der Waals surface area contributed by atoms with Crippen LogP contribution in [0.15, 0.2) is 63.5 Å². The average molecular weight is 447 g/mol. The first-order chi connectivity index (χ1) is 16.1. The van der Waals surface area contributed by atoms with E-state index < -0.39 is 5.91 Å². The van der Waals surface area contributed by atoms with Crippen molar-refractivity contribution >= 4 is 28.5 Å². The van der Waals surface area contributed by atoms with Crippen molar-refractivity contribution in [2.45, 2.75) is 25.7 Å². The van der Waals surface area contributed by atoms with Gasteiger partial charge in [-0.05, 0) is 49.2 Å². The number of halogens is 1. The highest BCUT2D eigenvalue weighted by Crippen LogP contribution is 2.33. The normalized spacial score (nSPS) is 14.3. The number of carbonyl (C=O) groups excluding carboxylic acids is 2. The molecule has 0 unspecified atom stereocenters. The van der Waals surface area contributed by atoms with E-state index in [-0.39, 0.29) is 23.2 Å². The molecule has 4 aromatic rings. The molecule has 0 saturated carbocycles. The number of furan rings is 1. The van der Waals surface area contributed by atoms with Crippen LogP contribution in [0, 0.1) is 5.82 Å². The van der Waals surface area contributed by atoms with Crippen molar-refractivity contribution in [3.05, 3.63) is 71.9 Å². The van der Waals surface area contributed by atoms with E-state index in [1.54, 1.807) is 29.2 Å². The van der Waals surface area contributed by atoms with E-state index in [4.69, 9.17) is 8.94 Å². The largest absolute Gasteiger partial charge is 0.449 e.